The van der Waals surface area contributed by atoms with Crippen molar-refractivity contribution in [1.29, 1.82) is 0 Å². The lowest BCUT2D eigenvalue weighted by atomic mass is 10.1. The van der Waals surface area contributed by atoms with Gasteiger partial charge in [-0.3, -0.25) is 9.59 Å². The third-order valence-corrected chi connectivity index (χ3v) is 1.71. The predicted molar refractivity (Wildman–Crippen MR) is 49.9 cm³/mol. The van der Waals surface area contributed by atoms with Crippen LogP contribution in [0.1, 0.15) is 38.5 Å². The molecule has 0 aliphatic heterocycles. The van der Waals surface area contributed by atoms with Gasteiger partial charge in [0.05, 0.1) is 0 Å². The Labute approximate surface area is 77.7 Å². The van der Waals surface area contributed by atoms with Crippen molar-refractivity contribution in [3.63, 3.8) is 0 Å². The molecule has 0 saturated carbocycles. The molecule has 0 aromatic rings. The predicted octanol–water partition coefficient (Wildman–Crippen LogP) is 1.64. The summed E-state index contributed by atoms with van der Waals surface area (Å²) in [5, 5.41) is 8.32. The second-order valence-corrected chi connectivity index (χ2v) is 2.86. The first kappa shape index (κ1) is 11.8. The Bertz CT molecular complexity index is 189. The van der Waals surface area contributed by atoms with E-state index in [1.165, 1.54) is 0 Å². The molecule has 0 aromatic heterocycles. The lowest BCUT2D eigenvalue weighted by Gasteiger charge is -1.96. The molecule has 4 nitrogen and oxygen atoms in total. The average Bonchev–Trinajstić information content (AvgIpc) is 2.10. The number of carbonyl (C=O) groups is 2. The van der Waals surface area contributed by atoms with E-state index >= 15 is 0 Å². The van der Waals surface area contributed by atoms with Gasteiger partial charge in [-0.2, -0.15) is 0 Å². The van der Waals surface area contributed by atoms with E-state index < -0.39 is 5.97 Å². The number of hydrogen-bond donors (Lipinski definition) is 1. The summed E-state index contributed by atoms with van der Waals surface area (Å²) in [6.07, 6.45) is 3.85. The number of carboxylic acid groups (broad SMARTS) is 1. The fraction of sp³-hybridized carbons (Fsp3) is 0.667. The van der Waals surface area contributed by atoms with E-state index in [1.807, 2.05) is 0 Å². The van der Waals surface area contributed by atoms with Crippen LogP contribution in [0.15, 0.2) is 4.99 Å². The van der Waals surface area contributed by atoms with Gasteiger partial charge in [-0.1, -0.05) is 12.8 Å². The molecular formula is C9H15NO3. The Kier molecular flexibility index (Phi) is 6.78. The molecule has 0 unspecified atom stereocenters. The van der Waals surface area contributed by atoms with Crippen molar-refractivity contribution < 1.29 is 14.7 Å². The van der Waals surface area contributed by atoms with Crippen molar-refractivity contribution >= 4 is 18.6 Å². The van der Waals surface area contributed by atoms with Crippen LogP contribution in [0.5, 0.6) is 0 Å². The maximum Gasteiger partial charge on any atom is 0.303 e. The second kappa shape index (κ2) is 7.46. The molecule has 13 heavy (non-hydrogen) atoms. The summed E-state index contributed by atoms with van der Waals surface area (Å²) in [4.78, 5) is 24.0. The number of carboxylic acids is 1. The van der Waals surface area contributed by atoms with E-state index in [9.17, 15) is 9.59 Å². The van der Waals surface area contributed by atoms with Gasteiger partial charge in [-0.05, 0) is 19.6 Å². The number of aliphatic carboxylic acids is 1. The second-order valence-electron chi connectivity index (χ2n) is 2.86. The number of rotatable bonds is 7. The molecule has 0 atom stereocenters. The third kappa shape index (κ3) is 8.72. The fourth-order valence-corrected chi connectivity index (χ4v) is 0.985. The lowest BCUT2D eigenvalue weighted by Crippen LogP contribution is -1.94. The molecule has 0 rings (SSSR count). The summed E-state index contributed by atoms with van der Waals surface area (Å²) < 4.78 is 0. The number of unbranched alkanes of at least 4 members (excludes halogenated alkanes) is 3. The average molecular weight is 185 g/mol. The van der Waals surface area contributed by atoms with E-state index in [1.54, 1.807) is 0 Å². The van der Waals surface area contributed by atoms with Crippen molar-refractivity contribution in [3.05, 3.63) is 0 Å². The molecule has 0 aliphatic carbocycles. The zero-order valence-electron chi connectivity index (χ0n) is 7.66. The van der Waals surface area contributed by atoms with Crippen LogP contribution >= 0.6 is 0 Å². The standard InChI is InChI=1S/C9H15NO3/c1-10-8(11)6-4-2-3-5-7-9(12)13/h1-7H2,(H,12,13). The minimum Gasteiger partial charge on any atom is -0.481 e. The Morgan fingerprint density at radius 3 is 2.08 bits per heavy atom. The Morgan fingerprint density at radius 2 is 1.62 bits per heavy atom. The summed E-state index contributed by atoms with van der Waals surface area (Å²) in [6.45, 7) is 3.12. The third-order valence-electron chi connectivity index (χ3n) is 1.71. The summed E-state index contributed by atoms with van der Waals surface area (Å²) in [7, 11) is 0. The highest BCUT2D eigenvalue weighted by atomic mass is 16.4. The molecule has 0 fully saturated rings. The van der Waals surface area contributed by atoms with E-state index in [0.29, 0.717) is 12.8 Å². The van der Waals surface area contributed by atoms with Crippen LogP contribution < -0.4 is 0 Å². The van der Waals surface area contributed by atoms with Gasteiger partial charge < -0.3 is 5.11 Å². The van der Waals surface area contributed by atoms with Gasteiger partial charge in [-0.15, -0.1) is 0 Å². The molecule has 4 heteroatoms. The minimum absolute atomic E-state index is 0.182. The van der Waals surface area contributed by atoms with Gasteiger partial charge in [0.1, 0.15) is 0 Å². The number of aliphatic imine (C=N–C) groups is 1. The molecule has 74 valence electrons. The first-order chi connectivity index (χ1) is 6.16. The summed E-state index contributed by atoms with van der Waals surface area (Å²) in [5.74, 6) is -0.943. The quantitative estimate of drug-likeness (QED) is 0.484. The fourth-order valence-electron chi connectivity index (χ4n) is 0.985. The van der Waals surface area contributed by atoms with Gasteiger partial charge in [0.15, 0.2) is 0 Å². The van der Waals surface area contributed by atoms with Gasteiger partial charge >= 0.3 is 5.97 Å². The summed E-state index contributed by atoms with van der Waals surface area (Å²) >= 11 is 0. The molecule has 0 bridgehead atoms. The zero-order chi connectivity index (χ0) is 10.1. The first-order valence-electron chi connectivity index (χ1n) is 4.38. The molecular weight excluding hydrogens is 170 g/mol. The van der Waals surface area contributed by atoms with Crippen LogP contribution in [-0.2, 0) is 9.59 Å². The van der Waals surface area contributed by atoms with Crippen LogP contribution in [0.2, 0.25) is 0 Å². The molecule has 0 heterocycles. The molecule has 0 spiro atoms. The Morgan fingerprint density at radius 1 is 1.08 bits per heavy atom. The summed E-state index contributed by atoms with van der Waals surface area (Å²) in [5.41, 5.74) is 0. The SMILES string of the molecule is C=NC(=O)CCCCCCC(=O)O. The first-order valence-corrected chi connectivity index (χ1v) is 4.38. The van der Waals surface area contributed by atoms with E-state index in [0.717, 1.165) is 19.3 Å². The minimum atomic E-state index is -0.760. The number of carbonyl (C=O) groups excluding carboxylic acids is 1. The largest absolute Gasteiger partial charge is 0.481 e. The van der Waals surface area contributed by atoms with Gasteiger partial charge in [0.2, 0.25) is 5.91 Å². The number of nitrogens with zero attached hydrogens (tertiary/aromatic N) is 1. The normalized spacial score (nSPS) is 9.54. The maximum atomic E-state index is 10.6. The monoisotopic (exact) mass is 185 g/mol. The highest BCUT2D eigenvalue weighted by Gasteiger charge is 1.98. The van der Waals surface area contributed by atoms with Crippen LogP contribution in [0, 0.1) is 0 Å². The zero-order valence-corrected chi connectivity index (χ0v) is 7.66. The van der Waals surface area contributed by atoms with Gasteiger partial charge in [0, 0.05) is 12.8 Å². The number of amides is 1. The van der Waals surface area contributed by atoms with E-state index in [4.69, 9.17) is 5.11 Å². The van der Waals surface area contributed by atoms with Crippen LogP contribution in [0.3, 0.4) is 0 Å². The Balaban J connectivity index is 3.12. The van der Waals surface area contributed by atoms with Crippen molar-refractivity contribution in [3.8, 4) is 0 Å². The van der Waals surface area contributed by atoms with Crippen molar-refractivity contribution in [2.24, 2.45) is 4.99 Å². The lowest BCUT2D eigenvalue weighted by molar-refractivity contribution is -0.137. The van der Waals surface area contributed by atoms with E-state index in [2.05, 4.69) is 11.7 Å². The van der Waals surface area contributed by atoms with Crippen molar-refractivity contribution in [2.45, 2.75) is 38.5 Å². The van der Waals surface area contributed by atoms with Crippen LogP contribution in [0.25, 0.3) is 0 Å². The molecule has 1 N–H and O–H groups in total. The molecule has 0 radical (unpaired) electrons. The van der Waals surface area contributed by atoms with Crippen molar-refractivity contribution in [1.82, 2.24) is 0 Å². The Hall–Kier alpha value is -1.19. The van der Waals surface area contributed by atoms with Gasteiger partial charge in [0.25, 0.3) is 0 Å². The van der Waals surface area contributed by atoms with Gasteiger partial charge in [-0.25, -0.2) is 4.99 Å². The molecule has 0 saturated heterocycles. The topological polar surface area (TPSA) is 66.7 Å². The highest BCUT2D eigenvalue weighted by Crippen LogP contribution is 2.05. The highest BCUT2D eigenvalue weighted by molar-refractivity contribution is 5.80. The molecule has 1 amide bonds. The maximum absolute atomic E-state index is 10.6. The molecule has 0 aromatic carbocycles. The smallest absolute Gasteiger partial charge is 0.303 e. The summed E-state index contributed by atoms with van der Waals surface area (Å²) in [6, 6.07) is 0. The van der Waals surface area contributed by atoms with Crippen molar-refractivity contribution in [2.75, 3.05) is 0 Å². The molecule has 0 aliphatic rings. The van der Waals surface area contributed by atoms with Crippen LogP contribution in [0.4, 0.5) is 0 Å². The van der Waals surface area contributed by atoms with Crippen LogP contribution in [-0.4, -0.2) is 23.7 Å². The number of hydrogen-bond acceptors (Lipinski definition) is 2. The van der Waals surface area contributed by atoms with E-state index in [-0.39, 0.29) is 12.3 Å².